The van der Waals surface area contributed by atoms with Gasteiger partial charge in [-0.25, -0.2) is 0 Å². The van der Waals surface area contributed by atoms with Gasteiger partial charge in [0.15, 0.2) is 0 Å². The molecule has 0 aliphatic carbocycles. The molecule has 0 saturated carbocycles. The zero-order valence-electron chi connectivity index (χ0n) is 16.2. The molecule has 0 atom stereocenters. The molecule has 29 heavy (non-hydrogen) atoms. The fourth-order valence-corrected chi connectivity index (χ4v) is 3.72. The highest BCUT2D eigenvalue weighted by molar-refractivity contribution is 6.31. The Morgan fingerprint density at radius 1 is 0.793 bits per heavy atom. The van der Waals surface area contributed by atoms with Crippen molar-refractivity contribution >= 4 is 28.2 Å². The van der Waals surface area contributed by atoms with Crippen LogP contribution < -0.4 is 10.6 Å². The van der Waals surface area contributed by atoms with Crippen molar-refractivity contribution in [3.8, 4) is 0 Å². The van der Waals surface area contributed by atoms with Gasteiger partial charge in [-0.3, -0.25) is 4.98 Å². The number of halogens is 1. The van der Waals surface area contributed by atoms with Crippen LogP contribution in [-0.4, -0.2) is 18.1 Å². The molecule has 0 fully saturated rings. The summed E-state index contributed by atoms with van der Waals surface area (Å²) >= 11 is 6.08. The molecule has 0 spiro atoms. The van der Waals surface area contributed by atoms with Gasteiger partial charge in [0, 0.05) is 28.8 Å². The molecule has 3 aromatic carbocycles. The summed E-state index contributed by atoms with van der Waals surface area (Å²) in [5.41, 5.74) is 4.57. The largest absolute Gasteiger partial charge is 0.384 e. The smallest absolute Gasteiger partial charge is 0.0737 e. The lowest BCUT2D eigenvalue weighted by molar-refractivity contribution is 0.592. The van der Waals surface area contributed by atoms with Crippen molar-refractivity contribution in [1.82, 2.24) is 10.3 Å². The van der Waals surface area contributed by atoms with Crippen LogP contribution in [0.4, 0.5) is 5.69 Å². The average molecular weight is 402 g/mol. The molecule has 4 aromatic rings. The molecule has 2 N–H and O–H groups in total. The number of anilines is 1. The van der Waals surface area contributed by atoms with Crippen LogP contribution in [0.15, 0.2) is 91.1 Å². The maximum Gasteiger partial charge on any atom is 0.0737 e. The van der Waals surface area contributed by atoms with Gasteiger partial charge in [-0.2, -0.15) is 0 Å². The van der Waals surface area contributed by atoms with Crippen LogP contribution in [-0.2, 0) is 0 Å². The summed E-state index contributed by atoms with van der Waals surface area (Å²) < 4.78 is 0. The first kappa shape index (κ1) is 19.4. The maximum atomic E-state index is 6.08. The van der Waals surface area contributed by atoms with E-state index in [1.165, 1.54) is 11.1 Å². The first-order chi connectivity index (χ1) is 14.3. The fraction of sp³-hybridized carbons (Fsp3) is 0.160. The number of hydrogen-bond donors (Lipinski definition) is 2. The van der Waals surface area contributed by atoms with Gasteiger partial charge >= 0.3 is 0 Å². The number of pyridine rings is 1. The molecular weight excluding hydrogens is 378 g/mol. The Hall–Kier alpha value is -2.88. The second kappa shape index (κ2) is 9.55. The SMILES string of the molecule is Clc1ccc2c(NCCCNC(c3ccccc3)c3ccccc3)ccnc2c1. The van der Waals surface area contributed by atoms with Crippen LogP contribution >= 0.6 is 11.6 Å². The van der Waals surface area contributed by atoms with E-state index in [-0.39, 0.29) is 6.04 Å². The number of rotatable bonds is 8. The van der Waals surface area contributed by atoms with Crippen LogP contribution in [0.1, 0.15) is 23.6 Å². The van der Waals surface area contributed by atoms with E-state index in [1.54, 1.807) is 0 Å². The number of nitrogens with zero attached hydrogens (tertiary/aromatic N) is 1. The summed E-state index contributed by atoms with van der Waals surface area (Å²) in [4.78, 5) is 4.40. The Morgan fingerprint density at radius 2 is 1.48 bits per heavy atom. The predicted octanol–water partition coefficient (Wildman–Crippen LogP) is 6.07. The van der Waals surface area contributed by atoms with Crippen molar-refractivity contribution in [2.75, 3.05) is 18.4 Å². The molecule has 0 aliphatic rings. The third kappa shape index (κ3) is 4.94. The van der Waals surface area contributed by atoms with Gasteiger partial charge in [-0.1, -0.05) is 72.3 Å². The quantitative estimate of drug-likeness (QED) is 0.352. The van der Waals surface area contributed by atoms with Crippen LogP contribution in [0.3, 0.4) is 0 Å². The van der Waals surface area contributed by atoms with Gasteiger partial charge in [-0.15, -0.1) is 0 Å². The summed E-state index contributed by atoms with van der Waals surface area (Å²) in [6.07, 6.45) is 2.83. The molecule has 0 amide bonds. The number of nitrogens with one attached hydrogen (secondary N) is 2. The van der Waals surface area contributed by atoms with Gasteiger partial charge in [0.25, 0.3) is 0 Å². The lowest BCUT2D eigenvalue weighted by Gasteiger charge is -2.20. The van der Waals surface area contributed by atoms with E-state index >= 15 is 0 Å². The average Bonchev–Trinajstić information content (AvgIpc) is 2.77. The number of benzene rings is 3. The number of fused-ring (bicyclic) bond motifs is 1. The standard InChI is InChI=1S/C25H24ClN3/c26-21-12-13-22-23(14-17-28-24(22)18-21)27-15-7-16-29-25(19-8-3-1-4-9-19)20-10-5-2-6-11-20/h1-6,8-14,17-18,25,29H,7,15-16H2,(H,27,28). The first-order valence-electron chi connectivity index (χ1n) is 9.93. The van der Waals surface area contributed by atoms with E-state index in [0.29, 0.717) is 5.02 Å². The highest BCUT2D eigenvalue weighted by Gasteiger charge is 2.12. The van der Waals surface area contributed by atoms with E-state index in [9.17, 15) is 0 Å². The summed E-state index contributed by atoms with van der Waals surface area (Å²) in [5, 5.41) is 9.05. The van der Waals surface area contributed by atoms with E-state index in [1.807, 2.05) is 30.5 Å². The molecule has 4 heteroatoms. The molecule has 1 aromatic heterocycles. The second-order valence-electron chi connectivity index (χ2n) is 7.01. The monoisotopic (exact) mass is 401 g/mol. The van der Waals surface area contributed by atoms with Crippen molar-refractivity contribution in [2.24, 2.45) is 0 Å². The van der Waals surface area contributed by atoms with Gasteiger partial charge < -0.3 is 10.6 Å². The molecule has 4 rings (SSSR count). The van der Waals surface area contributed by atoms with Gasteiger partial charge in [0.1, 0.15) is 0 Å². The zero-order valence-corrected chi connectivity index (χ0v) is 16.9. The Morgan fingerprint density at radius 3 is 2.17 bits per heavy atom. The van der Waals surface area contributed by atoms with Crippen molar-refractivity contribution in [3.05, 3.63) is 107 Å². The third-order valence-corrected chi connectivity index (χ3v) is 5.22. The van der Waals surface area contributed by atoms with Crippen LogP contribution in [0.5, 0.6) is 0 Å². The lowest BCUT2D eigenvalue weighted by Crippen LogP contribution is -2.25. The fourth-order valence-electron chi connectivity index (χ4n) is 3.55. The second-order valence-corrected chi connectivity index (χ2v) is 7.45. The minimum atomic E-state index is 0.196. The number of aromatic nitrogens is 1. The lowest BCUT2D eigenvalue weighted by atomic mass is 9.99. The van der Waals surface area contributed by atoms with Crippen molar-refractivity contribution in [2.45, 2.75) is 12.5 Å². The molecule has 0 radical (unpaired) electrons. The van der Waals surface area contributed by atoms with Crippen LogP contribution in [0.25, 0.3) is 10.9 Å². The van der Waals surface area contributed by atoms with E-state index < -0.39 is 0 Å². The van der Waals surface area contributed by atoms with Crippen LogP contribution in [0, 0.1) is 0 Å². The van der Waals surface area contributed by atoms with E-state index in [2.05, 4.69) is 76.3 Å². The molecule has 1 heterocycles. The van der Waals surface area contributed by atoms with E-state index in [4.69, 9.17) is 11.6 Å². The summed E-state index contributed by atoms with van der Waals surface area (Å²) in [5.74, 6) is 0. The molecular formula is C25H24ClN3. The minimum absolute atomic E-state index is 0.196. The minimum Gasteiger partial charge on any atom is -0.384 e. The summed E-state index contributed by atoms with van der Waals surface area (Å²) in [6.45, 7) is 1.79. The number of hydrogen-bond acceptors (Lipinski definition) is 3. The van der Waals surface area contributed by atoms with Gasteiger partial charge in [0.05, 0.1) is 11.6 Å². The summed E-state index contributed by atoms with van der Waals surface area (Å²) in [7, 11) is 0. The van der Waals surface area contributed by atoms with Crippen molar-refractivity contribution < 1.29 is 0 Å². The highest BCUT2D eigenvalue weighted by atomic mass is 35.5. The Balaban J connectivity index is 1.37. The molecule has 3 nitrogen and oxygen atoms in total. The van der Waals surface area contributed by atoms with Gasteiger partial charge in [-0.05, 0) is 48.4 Å². The zero-order chi connectivity index (χ0) is 19.9. The highest BCUT2D eigenvalue weighted by Crippen LogP contribution is 2.24. The van der Waals surface area contributed by atoms with Crippen molar-refractivity contribution in [3.63, 3.8) is 0 Å². The predicted molar refractivity (Wildman–Crippen MR) is 123 cm³/mol. The molecule has 0 aliphatic heterocycles. The Labute approximate surface area is 176 Å². The summed E-state index contributed by atoms with van der Waals surface area (Å²) in [6, 6.07) is 29.2. The topological polar surface area (TPSA) is 37.0 Å². The maximum absolute atomic E-state index is 6.08. The third-order valence-electron chi connectivity index (χ3n) is 4.99. The molecule has 146 valence electrons. The molecule has 0 saturated heterocycles. The van der Waals surface area contributed by atoms with Crippen molar-refractivity contribution in [1.29, 1.82) is 0 Å². The molecule has 0 bridgehead atoms. The Bertz CT molecular complexity index is 1010. The Kier molecular flexibility index (Phi) is 6.40. The first-order valence-corrected chi connectivity index (χ1v) is 10.3. The van der Waals surface area contributed by atoms with Gasteiger partial charge in [0.2, 0.25) is 0 Å². The normalized spacial score (nSPS) is 11.1. The molecule has 0 unspecified atom stereocenters. The van der Waals surface area contributed by atoms with E-state index in [0.717, 1.165) is 36.1 Å². The van der Waals surface area contributed by atoms with Crippen LogP contribution in [0.2, 0.25) is 5.02 Å².